The van der Waals surface area contributed by atoms with E-state index in [1.807, 2.05) is 23.1 Å². The second-order valence-corrected chi connectivity index (χ2v) is 10.2. The van der Waals surface area contributed by atoms with E-state index < -0.39 is 0 Å². The first kappa shape index (κ1) is 20.7. The van der Waals surface area contributed by atoms with E-state index in [9.17, 15) is 4.79 Å². The summed E-state index contributed by atoms with van der Waals surface area (Å²) in [5.41, 5.74) is 2.30. The Hall–Kier alpha value is -2.19. The predicted octanol–water partition coefficient (Wildman–Crippen LogP) is 4.67. The number of hydrogen-bond acceptors (Lipinski definition) is 6. The molecule has 2 aromatic heterocycles. The molecular weight excluding hydrogens is 426 g/mol. The third kappa shape index (κ3) is 4.70. The zero-order valence-electron chi connectivity index (χ0n) is 17.6. The summed E-state index contributed by atoms with van der Waals surface area (Å²) in [6.07, 6.45) is 9.05. The van der Waals surface area contributed by atoms with Crippen LogP contribution in [-0.4, -0.2) is 31.4 Å². The number of rotatable bonds is 6. The molecule has 1 aliphatic carbocycles. The van der Waals surface area contributed by atoms with Crippen LogP contribution in [0.2, 0.25) is 0 Å². The average Bonchev–Trinajstić information content (AvgIpc) is 3.32. The molecular formula is C23H27N5OS2. The minimum Gasteiger partial charge on any atom is -0.306 e. The monoisotopic (exact) mass is 453 g/mol. The Kier molecular flexibility index (Phi) is 6.36. The van der Waals surface area contributed by atoms with Crippen molar-refractivity contribution < 1.29 is 4.79 Å². The Labute approximate surface area is 191 Å². The van der Waals surface area contributed by atoms with Gasteiger partial charge in [-0.1, -0.05) is 48.5 Å². The quantitative estimate of drug-likeness (QED) is 0.508. The van der Waals surface area contributed by atoms with Crippen molar-refractivity contribution in [3.05, 3.63) is 52.3 Å². The van der Waals surface area contributed by atoms with Gasteiger partial charge in [-0.3, -0.25) is 9.69 Å². The molecule has 5 rings (SSSR count). The predicted molar refractivity (Wildman–Crippen MR) is 125 cm³/mol. The molecule has 1 amide bonds. The molecule has 162 valence electrons. The highest BCUT2D eigenvalue weighted by atomic mass is 32.2. The normalized spacial score (nSPS) is 15.7. The maximum atomic E-state index is 13.4. The van der Waals surface area contributed by atoms with Gasteiger partial charge in [0.2, 0.25) is 5.91 Å². The number of nitrogens with zero attached hydrogens (tertiary/aromatic N) is 5. The summed E-state index contributed by atoms with van der Waals surface area (Å²) in [4.78, 5) is 21.5. The average molecular weight is 454 g/mol. The number of carbonyl (C=O) groups is 1. The molecule has 31 heavy (non-hydrogen) atoms. The fraction of sp³-hybridized carbons (Fsp3) is 0.478. The number of carbonyl (C=O) groups excluding carboxylic acids is 1. The Morgan fingerprint density at radius 3 is 2.74 bits per heavy atom. The molecule has 3 aromatic rings. The van der Waals surface area contributed by atoms with Gasteiger partial charge in [-0.25, -0.2) is 4.98 Å². The minimum absolute atomic E-state index is 0.0749. The van der Waals surface area contributed by atoms with E-state index in [1.165, 1.54) is 48.0 Å². The number of fused-ring (bicyclic) bond motifs is 2. The fourth-order valence-electron chi connectivity index (χ4n) is 4.25. The zero-order valence-corrected chi connectivity index (χ0v) is 19.3. The molecule has 0 fully saturated rings. The highest BCUT2D eigenvalue weighted by molar-refractivity contribution is 7.99. The molecule has 1 aromatic carbocycles. The third-order valence-electron chi connectivity index (χ3n) is 5.95. The number of benzene rings is 1. The molecule has 1 aliphatic heterocycles. The highest BCUT2D eigenvalue weighted by Gasteiger charge is 2.24. The Balaban J connectivity index is 1.35. The van der Waals surface area contributed by atoms with Gasteiger partial charge in [0.1, 0.15) is 5.82 Å². The van der Waals surface area contributed by atoms with Gasteiger partial charge in [0.25, 0.3) is 0 Å². The van der Waals surface area contributed by atoms with Crippen molar-refractivity contribution in [2.45, 2.75) is 69.6 Å². The van der Waals surface area contributed by atoms with Gasteiger partial charge < -0.3 is 4.57 Å². The Morgan fingerprint density at radius 1 is 1.03 bits per heavy atom. The minimum atomic E-state index is 0.0749. The summed E-state index contributed by atoms with van der Waals surface area (Å²) < 4.78 is 2.20. The van der Waals surface area contributed by atoms with E-state index in [1.54, 1.807) is 11.3 Å². The van der Waals surface area contributed by atoms with Gasteiger partial charge in [0, 0.05) is 17.8 Å². The molecule has 0 spiro atoms. The van der Waals surface area contributed by atoms with Crippen LogP contribution in [0.15, 0.2) is 35.5 Å². The van der Waals surface area contributed by atoms with Crippen molar-refractivity contribution in [1.82, 2.24) is 19.7 Å². The molecule has 0 unspecified atom stereocenters. The van der Waals surface area contributed by atoms with Gasteiger partial charge >= 0.3 is 0 Å². The number of aryl methyl sites for hydroxylation is 3. The first-order valence-corrected chi connectivity index (χ1v) is 13.0. The first-order valence-electron chi connectivity index (χ1n) is 11.2. The van der Waals surface area contributed by atoms with Crippen LogP contribution in [-0.2, 0) is 37.1 Å². The summed E-state index contributed by atoms with van der Waals surface area (Å²) >= 11 is 3.19. The highest BCUT2D eigenvalue weighted by Crippen LogP contribution is 2.33. The van der Waals surface area contributed by atoms with Gasteiger partial charge in [-0.2, -0.15) is 0 Å². The molecule has 2 aliphatic rings. The molecule has 8 heteroatoms. The number of amides is 1. The summed E-state index contributed by atoms with van der Waals surface area (Å²) in [6.45, 7) is 1.50. The summed E-state index contributed by atoms with van der Waals surface area (Å²) in [7, 11) is 0. The lowest BCUT2D eigenvalue weighted by Gasteiger charge is -2.20. The molecule has 0 N–H and O–H groups in total. The van der Waals surface area contributed by atoms with Crippen LogP contribution in [0.4, 0.5) is 5.13 Å². The number of hydrogen-bond donors (Lipinski definition) is 0. The number of aromatic nitrogens is 4. The SMILES string of the molecule is O=C(CSc1nnc2n1CCCCC2)N(Cc1ccccc1)c1nc2c(s1)CCCC2. The van der Waals surface area contributed by atoms with Crippen molar-refractivity contribution in [2.24, 2.45) is 0 Å². The van der Waals surface area contributed by atoms with Gasteiger partial charge in [-0.15, -0.1) is 21.5 Å². The van der Waals surface area contributed by atoms with Crippen molar-refractivity contribution in [2.75, 3.05) is 10.7 Å². The van der Waals surface area contributed by atoms with Crippen molar-refractivity contribution in [3.63, 3.8) is 0 Å². The Bertz CT molecular complexity index is 1020. The van der Waals surface area contributed by atoms with Gasteiger partial charge in [0.05, 0.1) is 18.0 Å². The van der Waals surface area contributed by atoms with Crippen LogP contribution in [0.25, 0.3) is 0 Å². The maximum absolute atomic E-state index is 13.4. The smallest absolute Gasteiger partial charge is 0.239 e. The molecule has 0 atom stereocenters. The van der Waals surface area contributed by atoms with Gasteiger partial charge in [0.15, 0.2) is 10.3 Å². The van der Waals surface area contributed by atoms with E-state index in [0.29, 0.717) is 12.3 Å². The Morgan fingerprint density at radius 2 is 1.87 bits per heavy atom. The largest absolute Gasteiger partial charge is 0.306 e. The van der Waals surface area contributed by atoms with E-state index in [4.69, 9.17) is 4.98 Å². The molecule has 0 saturated carbocycles. The second-order valence-electron chi connectivity index (χ2n) is 8.19. The maximum Gasteiger partial charge on any atom is 0.239 e. The molecule has 0 saturated heterocycles. The van der Waals surface area contributed by atoms with Crippen molar-refractivity contribution in [1.29, 1.82) is 0 Å². The zero-order chi connectivity index (χ0) is 21.0. The number of anilines is 1. The fourth-order valence-corrected chi connectivity index (χ4v) is 6.28. The lowest BCUT2D eigenvalue weighted by atomic mass is 10.0. The first-order chi connectivity index (χ1) is 15.3. The van der Waals surface area contributed by atoms with Crippen LogP contribution >= 0.6 is 23.1 Å². The standard InChI is InChI=1S/C23H27N5OS2/c29-21(16-30-23-26-25-20-13-5-2-8-14-27(20)23)28(15-17-9-3-1-4-10-17)22-24-18-11-6-7-12-19(18)31-22/h1,3-4,9-10H,2,5-8,11-16H2. The van der Waals surface area contributed by atoms with E-state index >= 15 is 0 Å². The molecule has 6 nitrogen and oxygen atoms in total. The molecule has 0 bridgehead atoms. The van der Waals surface area contributed by atoms with E-state index in [2.05, 4.69) is 26.9 Å². The molecule has 0 radical (unpaired) electrons. The van der Waals surface area contributed by atoms with Gasteiger partial charge in [-0.05, 0) is 44.1 Å². The second kappa shape index (κ2) is 9.53. The molecule has 3 heterocycles. The van der Waals surface area contributed by atoms with Crippen LogP contribution in [0.3, 0.4) is 0 Å². The van der Waals surface area contributed by atoms with Crippen LogP contribution in [0.1, 0.15) is 54.1 Å². The van der Waals surface area contributed by atoms with E-state index in [-0.39, 0.29) is 5.91 Å². The topological polar surface area (TPSA) is 63.9 Å². The van der Waals surface area contributed by atoms with Crippen molar-refractivity contribution in [3.8, 4) is 0 Å². The third-order valence-corrected chi connectivity index (χ3v) is 8.08. The van der Waals surface area contributed by atoms with Crippen LogP contribution in [0.5, 0.6) is 0 Å². The van der Waals surface area contributed by atoms with Crippen molar-refractivity contribution >= 4 is 34.1 Å². The number of thiazole rings is 1. The van der Waals surface area contributed by atoms with Crippen LogP contribution < -0.4 is 4.90 Å². The summed E-state index contributed by atoms with van der Waals surface area (Å²) in [5.74, 6) is 1.47. The lowest BCUT2D eigenvalue weighted by molar-refractivity contribution is -0.116. The van der Waals surface area contributed by atoms with E-state index in [0.717, 1.165) is 53.9 Å². The number of thioether (sulfide) groups is 1. The lowest BCUT2D eigenvalue weighted by Crippen LogP contribution is -2.32. The van der Waals surface area contributed by atoms with Crippen LogP contribution in [0, 0.1) is 0 Å². The summed E-state index contributed by atoms with van der Waals surface area (Å²) in [5, 5.41) is 10.4. The summed E-state index contributed by atoms with van der Waals surface area (Å²) in [6, 6.07) is 10.2.